The van der Waals surface area contributed by atoms with Crippen LogP contribution in [0.4, 0.5) is 11.4 Å². The first-order chi connectivity index (χ1) is 12.3. The van der Waals surface area contributed by atoms with Gasteiger partial charge in [-0.3, -0.25) is 0 Å². The minimum absolute atomic E-state index is 0.671. The lowest BCUT2D eigenvalue weighted by Crippen LogP contribution is -1.90. The maximum Gasteiger partial charge on any atom is 0.0991 e. The summed E-state index contributed by atoms with van der Waals surface area (Å²) in [5.41, 5.74) is 8.17. The summed E-state index contributed by atoms with van der Waals surface area (Å²) >= 11 is 0. The molecule has 0 saturated heterocycles. The minimum atomic E-state index is 0.671. The number of rotatable bonds is 3. The van der Waals surface area contributed by atoms with Crippen molar-refractivity contribution in [1.82, 2.24) is 0 Å². The number of benzene rings is 3. The van der Waals surface area contributed by atoms with Gasteiger partial charge < -0.3 is 5.32 Å². The fourth-order valence-electron chi connectivity index (χ4n) is 3.26. The Labute approximate surface area is 148 Å². The van der Waals surface area contributed by atoms with Crippen molar-refractivity contribution < 1.29 is 0 Å². The van der Waals surface area contributed by atoms with Crippen molar-refractivity contribution in [1.29, 1.82) is 5.26 Å². The fraction of sp³-hybridized carbons (Fsp3) is 0.0870. The Morgan fingerprint density at radius 1 is 0.800 bits per heavy atom. The Bertz CT molecular complexity index is 958. The van der Waals surface area contributed by atoms with Crippen LogP contribution >= 0.6 is 0 Å². The van der Waals surface area contributed by atoms with Gasteiger partial charge in [-0.25, -0.2) is 0 Å². The molecule has 0 radical (unpaired) electrons. The lowest BCUT2D eigenvalue weighted by molar-refractivity contribution is 1.08. The zero-order valence-electron chi connectivity index (χ0n) is 13.9. The monoisotopic (exact) mass is 322 g/mol. The van der Waals surface area contributed by atoms with Crippen molar-refractivity contribution in [2.24, 2.45) is 0 Å². The van der Waals surface area contributed by atoms with Crippen LogP contribution < -0.4 is 5.32 Å². The average Bonchev–Trinajstić information content (AvgIpc) is 3.07. The second kappa shape index (κ2) is 6.67. The number of anilines is 2. The van der Waals surface area contributed by atoms with Gasteiger partial charge >= 0.3 is 0 Å². The molecule has 1 aliphatic rings. The number of nitriles is 1. The molecule has 0 aliphatic heterocycles. The van der Waals surface area contributed by atoms with E-state index >= 15 is 0 Å². The summed E-state index contributed by atoms with van der Waals surface area (Å²) in [4.78, 5) is 0. The van der Waals surface area contributed by atoms with Gasteiger partial charge in [-0.1, -0.05) is 42.5 Å². The second-order valence-corrected chi connectivity index (χ2v) is 6.26. The molecule has 2 nitrogen and oxygen atoms in total. The number of aryl methyl sites for hydroxylation is 1. The quantitative estimate of drug-likeness (QED) is 0.662. The third kappa shape index (κ3) is 3.32. The van der Waals surface area contributed by atoms with Gasteiger partial charge in [0.1, 0.15) is 0 Å². The molecule has 0 fully saturated rings. The molecule has 0 atom stereocenters. The van der Waals surface area contributed by atoms with E-state index in [1.54, 1.807) is 0 Å². The summed E-state index contributed by atoms with van der Waals surface area (Å²) in [6, 6.07) is 26.7. The molecule has 0 aromatic heterocycles. The van der Waals surface area contributed by atoms with E-state index < -0.39 is 0 Å². The van der Waals surface area contributed by atoms with Crippen LogP contribution in [0.1, 0.15) is 28.7 Å². The van der Waals surface area contributed by atoms with E-state index in [2.05, 4.69) is 66.0 Å². The first kappa shape index (κ1) is 15.2. The van der Waals surface area contributed by atoms with Crippen molar-refractivity contribution >= 4 is 23.0 Å². The fourth-order valence-corrected chi connectivity index (χ4v) is 3.26. The predicted molar refractivity (Wildman–Crippen MR) is 104 cm³/mol. The average molecular weight is 322 g/mol. The summed E-state index contributed by atoms with van der Waals surface area (Å²) < 4.78 is 0. The summed E-state index contributed by atoms with van der Waals surface area (Å²) in [5, 5.41) is 12.2. The highest BCUT2D eigenvalue weighted by molar-refractivity contribution is 5.85. The van der Waals surface area contributed by atoms with Crippen molar-refractivity contribution in [2.45, 2.75) is 12.8 Å². The lowest BCUT2D eigenvalue weighted by Gasteiger charge is -2.07. The second-order valence-electron chi connectivity index (χ2n) is 6.26. The molecule has 0 saturated carbocycles. The van der Waals surface area contributed by atoms with Crippen LogP contribution in [0.2, 0.25) is 0 Å². The van der Waals surface area contributed by atoms with Crippen LogP contribution in [0.5, 0.6) is 0 Å². The van der Waals surface area contributed by atoms with Crippen molar-refractivity contribution in [3.8, 4) is 6.07 Å². The SMILES string of the molecule is N#Cc1ccc(Nc2ccc(/C=C3/CCc4ccccc43)cc2)cc1. The topological polar surface area (TPSA) is 35.8 Å². The van der Waals surface area contributed by atoms with E-state index in [9.17, 15) is 0 Å². The minimum Gasteiger partial charge on any atom is -0.356 e. The van der Waals surface area contributed by atoms with Gasteiger partial charge in [-0.05, 0) is 71.5 Å². The van der Waals surface area contributed by atoms with Gasteiger partial charge in [0.2, 0.25) is 0 Å². The smallest absolute Gasteiger partial charge is 0.0991 e. The maximum absolute atomic E-state index is 8.85. The molecule has 0 spiro atoms. The Balaban J connectivity index is 1.51. The van der Waals surface area contributed by atoms with Gasteiger partial charge in [-0.2, -0.15) is 5.26 Å². The molecular formula is C23H18N2. The number of hydrogen-bond donors (Lipinski definition) is 1. The third-order valence-corrected chi connectivity index (χ3v) is 4.58. The number of fused-ring (bicyclic) bond motifs is 1. The summed E-state index contributed by atoms with van der Waals surface area (Å²) in [6.07, 6.45) is 4.54. The molecule has 25 heavy (non-hydrogen) atoms. The molecule has 3 aromatic rings. The van der Waals surface area contributed by atoms with Crippen LogP contribution in [-0.4, -0.2) is 0 Å². The molecule has 1 N–H and O–H groups in total. The van der Waals surface area contributed by atoms with E-state index in [-0.39, 0.29) is 0 Å². The molecular weight excluding hydrogens is 304 g/mol. The van der Waals surface area contributed by atoms with Crippen LogP contribution in [0, 0.1) is 11.3 Å². The van der Waals surface area contributed by atoms with Crippen LogP contribution in [0.25, 0.3) is 11.6 Å². The highest BCUT2D eigenvalue weighted by atomic mass is 14.9. The van der Waals surface area contributed by atoms with Crippen LogP contribution in [0.15, 0.2) is 72.8 Å². The van der Waals surface area contributed by atoms with E-state index in [1.807, 2.05) is 24.3 Å². The Morgan fingerprint density at radius 3 is 2.20 bits per heavy atom. The Morgan fingerprint density at radius 2 is 1.48 bits per heavy atom. The number of allylic oxidation sites excluding steroid dienone is 1. The summed E-state index contributed by atoms with van der Waals surface area (Å²) in [5.74, 6) is 0. The molecule has 0 heterocycles. The van der Waals surface area contributed by atoms with E-state index in [0.717, 1.165) is 24.2 Å². The third-order valence-electron chi connectivity index (χ3n) is 4.58. The Kier molecular flexibility index (Phi) is 4.06. The van der Waals surface area contributed by atoms with Crippen LogP contribution in [-0.2, 0) is 6.42 Å². The molecule has 2 heteroatoms. The highest BCUT2D eigenvalue weighted by Crippen LogP contribution is 2.33. The zero-order chi connectivity index (χ0) is 17.1. The zero-order valence-corrected chi connectivity index (χ0v) is 13.9. The number of nitrogens with zero attached hydrogens (tertiary/aromatic N) is 1. The van der Waals surface area contributed by atoms with Gasteiger partial charge in [0.15, 0.2) is 0 Å². The molecule has 0 bridgehead atoms. The Hall–Kier alpha value is -3.31. The molecule has 4 rings (SSSR count). The first-order valence-corrected chi connectivity index (χ1v) is 8.48. The molecule has 3 aromatic carbocycles. The van der Waals surface area contributed by atoms with E-state index in [4.69, 9.17) is 5.26 Å². The first-order valence-electron chi connectivity index (χ1n) is 8.48. The lowest BCUT2D eigenvalue weighted by atomic mass is 10.0. The van der Waals surface area contributed by atoms with E-state index in [1.165, 1.54) is 22.3 Å². The van der Waals surface area contributed by atoms with Gasteiger partial charge in [-0.15, -0.1) is 0 Å². The normalized spacial score (nSPS) is 14.1. The predicted octanol–water partition coefficient (Wildman–Crippen LogP) is 5.79. The van der Waals surface area contributed by atoms with Crippen molar-refractivity contribution in [3.63, 3.8) is 0 Å². The highest BCUT2D eigenvalue weighted by Gasteiger charge is 2.14. The van der Waals surface area contributed by atoms with Gasteiger partial charge in [0, 0.05) is 11.4 Å². The molecule has 0 amide bonds. The van der Waals surface area contributed by atoms with E-state index in [0.29, 0.717) is 5.56 Å². The molecule has 0 unspecified atom stereocenters. The summed E-state index contributed by atoms with van der Waals surface area (Å²) in [7, 11) is 0. The van der Waals surface area contributed by atoms with Crippen LogP contribution in [0.3, 0.4) is 0 Å². The standard InChI is InChI=1S/C23H18N2/c24-16-18-7-13-22(14-8-18)25-21-11-5-17(6-12-21)15-20-10-9-19-3-1-2-4-23(19)20/h1-8,11-15,25H,9-10H2/b20-15-. The largest absolute Gasteiger partial charge is 0.356 e. The number of hydrogen-bond acceptors (Lipinski definition) is 2. The van der Waals surface area contributed by atoms with Crippen molar-refractivity contribution in [3.05, 3.63) is 95.1 Å². The summed E-state index contributed by atoms with van der Waals surface area (Å²) in [6.45, 7) is 0. The van der Waals surface area contributed by atoms with Gasteiger partial charge in [0.25, 0.3) is 0 Å². The van der Waals surface area contributed by atoms with Gasteiger partial charge in [0.05, 0.1) is 11.6 Å². The number of nitrogens with one attached hydrogen (secondary N) is 1. The molecule has 1 aliphatic carbocycles. The molecule has 120 valence electrons. The van der Waals surface area contributed by atoms with Crippen molar-refractivity contribution in [2.75, 3.05) is 5.32 Å². The maximum atomic E-state index is 8.85.